The zero-order chi connectivity index (χ0) is 16.3. The summed E-state index contributed by atoms with van der Waals surface area (Å²) in [5.74, 6) is -0.227. The van der Waals surface area contributed by atoms with E-state index in [1.165, 1.54) is 6.20 Å². The number of aryl methyl sites for hydroxylation is 2. The number of nitrogens with zero attached hydrogens (tertiary/aromatic N) is 2. The molecule has 6 heteroatoms. The molecule has 1 aromatic rings. The maximum atomic E-state index is 12.5. The third-order valence-corrected chi connectivity index (χ3v) is 4.64. The van der Waals surface area contributed by atoms with Gasteiger partial charge in [-0.25, -0.2) is 14.8 Å². The summed E-state index contributed by atoms with van der Waals surface area (Å²) in [5.41, 5.74) is -0.267. The van der Waals surface area contributed by atoms with E-state index in [4.69, 9.17) is 0 Å². The number of carboxylic acids is 1. The highest BCUT2D eigenvalue weighted by atomic mass is 16.4. The SMILES string of the molecule is CCC1CCC(NC(=O)c2cnc(C)nc2C)(C(=O)O)CC1. The highest BCUT2D eigenvalue weighted by Crippen LogP contribution is 2.34. The molecule has 0 spiro atoms. The van der Waals surface area contributed by atoms with Gasteiger partial charge in [-0.2, -0.15) is 0 Å². The summed E-state index contributed by atoms with van der Waals surface area (Å²) in [6.07, 6.45) is 5.10. The van der Waals surface area contributed by atoms with Gasteiger partial charge in [-0.3, -0.25) is 4.79 Å². The van der Waals surface area contributed by atoms with Gasteiger partial charge < -0.3 is 10.4 Å². The lowest BCUT2D eigenvalue weighted by molar-refractivity contribution is -0.146. The maximum absolute atomic E-state index is 12.5. The van der Waals surface area contributed by atoms with Crippen molar-refractivity contribution in [3.05, 3.63) is 23.3 Å². The quantitative estimate of drug-likeness (QED) is 0.890. The van der Waals surface area contributed by atoms with Gasteiger partial charge in [0, 0.05) is 6.20 Å². The average molecular weight is 305 g/mol. The van der Waals surface area contributed by atoms with Gasteiger partial charge in [0.1, 0.15) is 11.4 Å². The van der Waals surface area contributed by atoms with E-state index in [0.29, 0.717) is 35.8 Å². The molecule has 1 aromatic heterocycles. The Bertz CT molecular complexity index is 578. The Balaban J connectivity index is 2.18. The number of amides is 1. The Hall–Kier alpha value is -1.98. The highest BCUT2D eigenvalue weighted by Gasteiger charge is 2.43. The number of carbonyl (C=O) groups excluding carboxylic acids is 1. The van der Waals surface area contributed by atoms with Crippen LogP contribution in [0.1, 0.15) is 60.9 Å². The molecule has 1 aliphatic carbocycles. The summed E-state index contributed by atoms with van der Waals surface area (Å²) < 4.78 is 0. The monoisotopic (exact) mass is 305 g/mol. The van der Waals surface area contributed by atoms with Crippen LogP contribution in [0.4, 0.5) is 0 Å². The first-order chi connectivity index (χ1) is 10.4. The van der Waals surface area contributed by atoms with Gasteiger partial charge in [0.05, 0.1) is 11.3 Å². The normalized spacial score (nSPS) is 24.8. The molecule has 6 nitrogen and oxygen atoms in total. The minimum absolute atomic E-state index is 0.337. The van der Waals surface area contributed by atoms with E-state index in [2.05, 4.69) is 22.2 Å². The number of nitrogens with one attached hydrogen (secondary N) is 1. The van der Waals surface area contributed by atoms with Gasteiger partial charge in [0.2, 0.25) is 0 Å². The van der Waals surface area contributed by atoms with Crippen LogP contribution in [0.15, 0.2) is 6.20 Å². The fraction of sp³-hybridized carbons (Fsp3) is 0.625. The lowest BCUT2D eigenvalue weighted by Gasteiger charge is -2.37. The van der Waals surface area contributed by atoms with Crippen LogP contribution in [-0.4, -0.2) is 32.5 Å². The van der Waals surface area contributed by atoms with Crippen molar-refractivity contribution in [3.63, 3.8) is 0 Å². The first-order valence-corrected chi connectivity index (χ1v) is 7.74. The molecule has 0 unspecified atom stereocenters. The number of rotatable bonds is 4. The van der Waals surface area contributed by atoms with E-state index < -0.39 is 17.4 Å². The molecular weight excluding hydrogens is 282 g/mol. The van der Waals surface area contributed by atoms with E-state index in [1.807, 2.05) is 0 Å². The van der Waals surface area contributed by atoms with Crippen LogP contribution in [0.3, 0.4) is 0 Å². The molecule has 1 fully saturated rings. The van der Waals surface area contributed by atoms with Gasteiger partial charge in [0.15, 0.2) is 0 Å². The molecule has 1 heterocycles. The molecule has 120 valence electrons. The van der Waals surface area contributed by atoms with Gasteiger partial charge in [0.25, 0.3) is 5.91 Å². The third-order valence-electron chi connectivity index (χ3n) is 4.64. The molecule has 1 aliphatic rings. The topological polar surface area (TPSA) is 92.2 Å². The fourth-order valence-electron chi connectivity index (χ4n) is 3.06. The van der Waals surface area contributed by atoms with Crippen LogP contribution in [0.5, 0.6) is 0 Å². The molecular formula is C16H23N3O3. The molecule has 2 rings (SSSR count). The average Bonchev–Trinajstić information content (AvgIpc) is 2.47. The summed E-state index contributed by atoms with van der Waals surface area (Å²) in [5, 5.41) is 12.3. The Kier molecular flexibility index (Phi) is 4.78. The minimum Gasteiger partial charge on any atom is -0.480 e. The standard InChI is InChI=1S/C16H23N3O3/c1-4-12-5-7-16(8-6-12,15(21)22)19-14(20)13-9-17-11(3)18-10(13)2/h9,12H,4-8H2,1-3H3,(H,19,20)(H,21,22). The Morgan fingerprint density at radius 3 is 2.50 bits per heavy atom. The van der Waals surface area contributed by atoms with Crippen molar-refractivity contribution < 1.29 is 14.7 Å². The molecule has 1 saturated carbocycles. The van der Waals surface area contributed by atoms with Gasteiger partial charge >= 0.3 is 5.97 Å². The lowest BCUT2D eigenvalue weighted by atomic mass is 9.75. The van der Waals surface area contributed by atoms with Crippen molar-refractivity contribution in [2.45, 2.75) is 58.4 Å². The van der Waals surface area contributed by atoms with E-state index >= 15 is 0 Å². The number of hydrogen-bond acceptors (Lipinski definition) is 4. The molecule has 0 atom stereocenters. The predicted octanol–water partition coefficient (Wildman–Crippen LogP) is 2.25. The summed E-state index contributed by atoms with van der Waals surface area (Å²) >= 11 is 0. The Morgan fingerprint density at radius 1 is 1.36 bits per heavy atom. The van der Waals surface area contributed by atoms with Crippen LogP contribution >= 0.6 is 0 Å². The number of carboxylic acid groups (broad SMARTS) is 1. The smallest absolute Gasteiger partial charge is 0.329 e. The summed E-state index contributed by atoms with van der Waals surface area (Å²) in [6, 6.07) is 0. The Morgan fingerprint density at radius 2 is 2.00 bits per heavy atom. The molecule has 0 saturated heterocycles. The first-order valence-electron chi connectivity index (χ1n) is 7.74. The zero-order valence-corrected chi connectivity index (χ0v) is 13.3. The second-order valence-electron chi connectivity index (χ2n) is 6.11. The number of hydrogen-bond donors (Lipinski definition) is 2. The van der Waals surface area contributed by atoms with E-state index in [9.17, 15) is 14.7 Å². The lowest BCUT2D eigenvalue weighted by Crippen LogP contribution is -2.56. The van der Waals surface area contributed by atoms with Gasteiger partial charge in [-0.05, 0) is 45.4 Å². The first kappa shape index (κ1) is 16.4. The molecule has 0 bridgehead atoms. The maximum Gasteiger partial charge on any atom is 0.329 e. The van der Waals surface area contributed by atoms with Crippen LogP contribution in [0, 0.1) is 19.8 Å². The third kappa shape index (κ3) is 3.26. The van der Waals surface area contributed by atoms with Crippen molar-refractivity contribution in [2.24, 2.45) is 5.92 Å². The Labute approximate surface area is 130 Å². The summed E-state index contributed by atoms with van der Waals surface area (Å²) in [4.78, 5) is 32.4. The van der Waals surface area contributed by atoms with E-state index in [0.717, 1.165) is 19.3 Å². The number of aliphatic carboxylic acids is 1. The molecule has 0 radical (unpaired) electrons. The van der Waals surface area contributed by atoms with Gasteiger partial charge in [-0.15, -0.1) is 0 Å². The fourth-order valence-corrected chi connectivity index (χ4v) is 3.06. The largest absolute Gasteiger partial charge is 0.480 e. The van der Waals surface area contributed by atoms with Crippen LogP contribution in [0.2, 0.25) is 0 Å². The van der Waals surface area contributed by atoms with Crippen molar-refractivity contribution in [1.29, 1.82) is 0 Å². The molecule has 22 heavy (non-hydrogen) atoms. The molecule has 2 N–H and O–H groups in total. The number of carbonyl (C=O) groups is 2. The summed E-state index contributed by atoms with van der Waals surface area (Å²) in [7, 11) is 0. The van der Waals surface area contributed by atoms with E-state index in [1.54, 1.807) is 13.8 Å². The van der Waals surface area contributed by atoms with Gasteiger partial charge in [-0.1, -0.05) is 13.3 Å². The molecule has 0 aliphatic heterocycles. The van der Waals surface area contributed by atoms with Crippen LogP contribution in [-0.2, 0) is 4.79 Å². The zero-order valence-electron chi connectivity index (χ0n) is 13.3. The number of aromatic nitrogens is 2. The second-order valence-corrected chi connectivity index (χ2v) is 6.11. The van der Waals surface area contributed by atoms with Crippen molar-refractivity contribution in [1.82, 2.24) is 15.3 Å². The van der Waals surface area contributed by atoms with Crippen LogP contribution in [0.25, 0.3) is 0 Å². The second kappa shape index (κ2) is 6.42. The van der Waals surface area contributed by atoms with Crippen LogP contribution < -0.4 is 5.32 Å². The van der Waals surface area contributed by atoms with Crippen molar-refractivity contribution >= 4 is 11.9 Å². The van der Waals surface area contributed by atoms with Crippen molar-refractivity contribution in [2.75, 3.05) is 0 Å². The van der Waals surface area contributed by atoms with Crippen molar-refractivity contribution in [3.8, 4) is 0 Å². The molecule has 1 amide bonds. The minimum atomic E-state index is -1.17. The summed E-state index contributed by atoms with van der Waals surface area (Å²) in [6.45, 7) is 5.59. The highest BCUT2D eigenvalue weighted by molar-refractivity contribution is 5.98. The van der Waals surface area contributed by atoms with E-state index in [-0.39, 0.29) is 0 Å². The molecule has 0 aromatic carbocycles. The predicted molar refractivity (Wildman–Crippen MR) is 81.6 cm³/mol.